The zero-order valence-electron chi connectivity index (χ0n) is 14.1. The Labute approximate surface area is 146 Å². The van der Waals surface area contributed by atoms with Crippen LogP contribution in [-0.4, -0.2) is 49.3 Å². The molecule has 0 atom stereocenters. The molecule has 1 aliphatic rings. The number of piperazine rings is 1. The smallest absolute Gasteiger partial charge is 0.270 e. The first-order valence-corrected chi connectivity index (χ1v) is 8.19. The molecule has 0 aromatic heterocycles. The van der Waals surface area contributed by atoms with Gasteiger partial charge in [-0.2, -0.15) is 5.10 Å². The fraction of sp³-hybridized carbons (Fsp3) is 0.278. The average molecular weight is 339 g/mol. The maximum Gasteiger partial charge on any atom is 0.270 e. The zero-order chi connectivity index (χ0) is 17.6. The van der Waals surface area contributed by atoms with Crippen LogP contribution in [0.4, 0.5) is 17.1 Å². The number of hydrogen-bond acceptors (Lipinski definition) is 6. The van der Waals surface area contributed by atoms with Gasteiger partial charge in [-0.05, 0) is 25.2 Å². The van der Waals surface area contributed by atoms with E-state index < -0.39 is 0 Å². The van der Waals surface area contributed by atoms with E-state index in [0.717, 1.165) is 43.1 Å². The van der Waals surface area contributed by atoms with Crippen LogP contribution in [0.5, 0.6) is 0 Å². The SMILES string of the molecule is CN1CCN(c2ccc([N+](=O)[O-])cc2/C=N\Nc2ccccc2)CC1. The van der Waals surface area contributed by atoms with Crippen LogP contribution in [0.3, 0.4) is 0 Å². The molecule has 2 aromatic rings. The Balaban J connectivity index is 1.83. The number of nitro benzene ring substituents is 1. The van der Waals surface area contributed by atoms with Gasteiger partial charge in [-0.1, -0.05) is 18.2 Å². The molecule has 3 rings (SSSR count). The monoisotopic (exact) mass is 339 g/mol. The highest BCUT2D eigenvalue weighted by Crippen LogP contribution is 2.25. The van der Waals surface area contributed by atoms with Crippen LogP contribution in [0.25, 0.3) is 0 Å². The summed E-state index contributed by atoms with van der Waals surface area (Å²) in [5, 5.41) is 15.4. The van der Waals surface area contributed by atoms with Gasteiger partial charge in [0.15, 0.2) is 0 Å². The Morgan fingerprint density at radius 2 is 1.84 bits per heavy atom. The topological polar surface area (TPSA) is 74.0 Å². The van der Waals surface area contributed by atoms with E-state index in [-0.39, 0.29) is 10.6 Å². The maximum absolute atomic E-state index is 11.1. The number of anilines is 2. The third kappa shape index (κ3) is 4.33. The standard InChI is InChI=1S/C18H21N5O2/c1-21-9-11-22(12-10-21)18-8-7-17(23(24)25)13-15(18)14-19-20-16-5-3-2-4-6-16/h2-8,13-14,20H,9-12H2,1H3/b19-14-. The van der Waals surface area contributed by atoms with Crippen molar-refractivity contribution in [1.82, 2.24) is 4.90 Å². The van der Waals surface area contributed by atoms with E-state index >= 15 is 0 Å². The van der Waals surface area contributed by atoms with Crippen molar-refractivity contribution in [2.24, 2.45) is 5.10 Å². The second kappa shape index (κ2) is 7.76. The number of benzene rings is 2. The Morgan fingerprint density at radius 1 is 1.12 bits per heavy atom. The minimum absolute atomic E-state index is 0.0686. The van der Waals surface area contributed by atoms with E-state index in [4.69, 9.17) is 0 Å². The van der Waals surface area contributed by atoms with Crippen LogP contribution in [0, 0.1) is 10.1 Å². The molecular formula is C18H21N5O2. The van der Waals surface area contributed by atoms with Gasteiger partial charge < -0.3 is 9.80 Å². The highest BCUT2D eigenvalue weighted by molar-refractivity contribution is 5.89. The summed E-state index contributed by atoms with van der Waals surface area (Å²) < 4.78 is 0. The predicted molar refractivity (Wildman–Crippen MR) is 100 cm³/mol. The molecule has 1 N–H and O–H groups in total. The molecule has 0 bridgehead atoms. The van der Waals surface area contributed by atoms with Gasteiger partial charge in [-0.25, -0.2) is 0 Å². The number of nitrogens with one attached hydrogen (secondary N) is 1. The molecule has 1 saturated heterocycles. The van der Waals surface area contributed by atoms with Gasteiger partial charge in [0.25, 0.3) is 5.69 Å². The number of nitro groups is 1. The van der Waals surface area contributed by atoms with Crippen LogP contribution in [-0.2, 0) is 0 Å². The normalized spacial score (nSPS) is 15.5. The summed E-state index contributed by atoms with van der Waals surface area (Å²) in [6.45, 7) is 3.72. The number of hydrazone groups is 1. The van der Waals surface area contributed by atoms with E-state index in [1.54, 1.807) is 18.3 Å². The second-order valence-corrected chi connectivity index (χ2v) is 6.03. The van der Waals surface area contributed by atoms with Crippen molar-refractivity contribution in [3.05, 3.63) is 64.2 Å². The van der Waals surface area contributed by atoms with E-state index in [0.29, 0.717) is 0 Å². The van der Waals surface area contributed by atoms with E-state index in [1.165, 1.54) is 0 Å². The number of non-ortho nitro benzene ring substituents is 1. The van der Waals surface area contributed by atoms with Crippen molar-refractivity contribution in [2.45, 2.75) is 0 Å². The molecule has 0 radical (unpaired) electrons. The van der Waals surface area contributed by atoms with Crippen molar-refractivity contribution in [1.29, 1.82) is 0 Å². The molecule has 0 spiro atoms. The molecule has 2 aromatic carbocycles. The predicted octanol–water partition coefficient (Wildman–Crippen LogP) is 2.79. The van der Waals surface area contributed by atoms with Crippen molar-refractivity contribution in [3.63, 3.8) is 0 Å². The zero-order valence-corrected chi connectivity index (χ0v) is 14.1. The van der Waals surface area contributed by atoms with Gasteiger partial charge in [0.2, 0.25) is 0 Å². The Bertz CT molecular complexity index is 755. The Kier molecular flexibility index (Phi) is 5.25. The maximum atomic E-state index is 11.1. The first-order chi connectivity index (χ1) is 12.1. The molecule has 25 heavy (non-hydrogen) atoms. The second-order valence-electron chi connectivity index (χ2n) is 6.03. The molecule has 1 aliphatic heterocycles. The van der Waals surface area contributed by atoms with E-state index in [2.05, 4.69) is 27.4 Å². The lowest BCUT2D eigenvalue weighted by Gasteiger charge is -2.34. The minimum Gasteiger partial charge on any atom is -0.368 e. The summed E-state index contributed by atoms with van der Waals surface area (Å²) in [4.78, 5) is 15.2. The number of likely N-dealkylation sites (N-methyl/N-ethyl adjacent to an activating group) is 1. The molecular weight excluding hydrogens is 318 g/mol. The fourth-order valence-electron chi connectivity index (χ4n) is 2.78. The van der Waals surface area contributed by atoms with Crippen LogP contribution in [0.1, 0.15) is 5.56 Å². The third-order valence-electron chi connectivity index (χ3n) is 4.24. The minimum atomic E-state index is -0.379. The van der Waals surface area contributed by atoms with Gasteiger partial charge in [0.05, 0.1) is 16.8 Å². The molecule has 0 aliphatic carbocycles. The third-order valence-corrected chi connectivity index (χ3v) is 4.24. The molecule has 130 valence electrons. The van der Waals surface area contributed by atoms with Crippen LogP contribution in [0.2, 0.25) is 0 Å². The number of hydrogen-bond donors (Lipinski definition) is 1. The number of rotatable bonds is 5. The van der Waals surface area contributed by atoms with Crippen LogP contribution >= 0.6 is 0 Å². The lowest BCUT2D eigenvalue weighted by molar-refractivity contribution is -0.384. The quantitative estimate of drug-likeness (QED) is 0.515. The molecule has 0 amide bonds. The van der Waals surface area contributed by atoms with Gasteiger partial charge in [-0.15, -0.1) is 0 Å². The van der Waals surface area contributed by atoms with Gasteiger partial charge >= 0.3 is 0 Å². The molecule has 7 nitrogen and oxygen atoms in total. The molecule has 1 heterocycles. The molecule has 0 unspecified atom stereocenters. The largest absolute Gasteiger partial charge is 0.368 e. The lowest BCUT2D eigenvalue weighted by atomic mass is 10.1. The Hall–Kier alpha value is -2.93. The van der Waals surface area contributed by atoms with Crippen molar-refractivity contribution < 1.29 is 4.92 Å². The van der Waals surface area contributed by atoms with E-state index in [1.807, 2.05) is 36.4 Å². The van der Waals surface area contributed by atoms with Crippen molar-refractivity contribution in [3.8, 4) is 0 Å². The van der Waals surface area contributed by atoms with Gasteiger partial charge in [0, 0.05) is 49.6 Å². The summed E-state index contributed by atoms with van der Waals surface area (Å²) in [6.07, 6.45) is 1.65. The van der Waals surface area contributed by atoms with E-state index in [9.17, 15) is 10.1 Å². The number of nitrogens with zero attached hydrogens (tertiary/aromatic N) is 4. The summed E-state index contributed by atoms with van der Waals surface area (Å²) in [5.41, 5.74) is 5.59. The fourth-order valence-corrected chi connectivity index (χ4v) is 2.78. The van der Waals surface area contributed by atoms with Gasteiger partial charge in [-0.3, -0.25) is 15.5 Å². The Morgan fingerprint density at radius 3 is 2.52 bits per heavy atom. The number of para-hydroxylation sites is 1. The van der Waals surface area contributed by atoms with Gasteiger partial charge in [0.1, 0.15) is 0 Å². The first kappa shape index (κ1) is 16.9. The van der Waals surface area contributed by atoms with Crippen LogP contribution in [0.15, 0.2) is 53.6 Å². The summed E-state index contributed by atoms with van der Waals surface area (Å²) >= 11 is 0. The van der Waals surface area contributed by atoms with Crippen LogP contribution < -0.4 is 10.3 Å². The highest BCUT2D eigenvalue weighted by Gasteiger charge is 2.18. The molecule has 7 heteroatoms. The summed E-state index contributed by atoms with van der Waals surface area (Å²) in [7, 11) is 2.10. The first-order valence-electron chi connectivity index (χ1n) is 8.19. The summed E-state index contributed by atoms with van der Waals surface area (Å²) in [6, 6.07) is 14.5. The molecule has 1 fully saturated rings. The average Bonchev–Trinajstić information content (AvgIpc) is 2.63. The van der Waals surface area contributed by atoms with Crippen molar-refractivity contribution >= 4 is 23.3 Å². The lowest BCUT2D eigenvalue weighted by Crippen LogP contribution is -2.44. The highest BCUT2D eigenvalue weighted by atomic mass is 16.6. The van der Waals surface area contributed by atoms with Crippen molar-refractivity contribution in [2.75, 3.05) is 43.6 Å². The summed E-state index contributed by atoms with van der Waals surface area (Å²) in [5.74, 6) is 0. The molecule has 0 saturated carbocycles.